The van der Waals surface area contributed by atoms with Gasteiger partial charge in [0.05, 0.1) is 5.54 Å². The lowest BCUT2D eigenvalue weighted by molar-refractivity contribution is -0.126. The van der Waals surface area contributed by atoms with E-state index in [0.29, 0.717) is 13.0 Å². The highest BCUT2D eigenvalue weighted by atomic mass is 16.2. The van der Waals surface area contributed by atoms with Gasteiger partial charge in [0, 0.05) is 6.54 Å². The summed E-state index contributed by atoms with van der Waals surface area (Å²) >= 11 is 0. The van der Waals surface area contributed by atoms with E-state index in [1.807, 2.05) is 25.1 Å². The van der Waals surface area contributed by atoms with Gasteiger partial charge >= 0.3 is 0 Å². The van der Waals surface area contributed by atoms with Crippen LogP contribution in [0.15, 0.2) is 24.3 Å². The van der Waals surface area contributed by atoms with Crippen molar-refractivity contribution in [1.29, 1.82) is 0 Å². The molecule has 0 radical (unpaired) electrons. The van der Waals surface area contributed by atoms with Crippen LogP contribution in [0.5, 0.6) is 0 Å². The molecule has 1 rings (SSSR count). The predicted molar refractivity (Wildman–Crippen MR) is 70.6 cm³/mol. The van der Waals surface area contributed by atoms with E-state index in [1.165, 1.54) is 5.56 Å². The summed E-state index contributed by atoms with van der Waals surface area (Å²) < 4.78 is 0. The molecule has 1 amide bonds. The molecular formula is C14H22N2O. The quantitative estimate of drug-likeness (QED) is 0.818. The van der Waals surface area contributed by atoms with Crippen LogP contribution in [0.4, 0.5) is 0 Å². The first-order chi connectivity index (χ1) is 8.01. The Balaban J connectivity index is 2.65. The molecule has 0 aliphatic carbocycles. The van der Waals surface area contributed by atoms with Crippen LogP contribution in [0.3, 0.4) is 0 Å². The van der Waals surface area contributed by atoms with E-state index in [-0.39, 0.29) is 5.91 Å². The molecule has 94 valence electrons. The van der Waals surface area contributed by atoms with E-state index in [4.69, 9.17) is 5.73 Å². The molecule has 1 atom stereocenters. The smallest absolute Gasteiger partial charge is 0.240 e. The van der Waals surface area contributed by atoms with Crippen molar-refractivity contribution in [2.45, 2.75) is 45.7 Å². The number of nitrogens with one attached hydrogen (secondary N) is 1. The minimum Gasteiger partial charge on any atom is -0.350 e. The van der Waals surface area contributed by atoms with Crippen molar-refractivity contribution in [3.63, 3.8) is 0 Å². The Hall–Kier alpha value is -1.35. The van der Waals surface area contributed by atoms with E-state index in [2.05, 4.69) is 18.3 Å². The molecule has 0 aromatic heterocycles. The summed E-state index contributed by atoms with van der Waals surface area (Å²) in [5.74, 6) is -0.0918. The van der Waals surface area contributed by atoms with Crippen molar-refractivity contribution in [2.24, 2.45) is 5.73 Å². The summed E-state index contributed by atoms with van der Waals surface area (Å²) in [4.78, 5) is 11.8. The van der Waals surface area contributed by atoms with Crippen molar-refractivity contribution in [3.05, 3.63) is 35.4 Å². The molecule has 1 unspecified atom stereocenters. The molecule has 1 aromatic carbocycles. The molecule has 0 aliphatic heterocycles. The van der Waals surface area contributed by atoms with Crippen molar-refractivity contribution in [2.75, 3.05) is 0 Å². The van der Waals surface area contributed by atoms with Gasteiger partial charge in [-0.2, -0.15) is 0 Å². The molecule has 0 saturated heterocycles. The van der Waals surface area contributed by atoms with E-state index >= 15 is 0 Å². The van der Waals surface area contributed by atoms with Gasteiger partial charge in [-0.3, -0.25) is 4.79 Å². The van der Waals surface area contributed by atoms with Gasteiger partial charge in [0.2, 0.25) is 5.91 Å². The second-order valence-corrected chi connectivity index (χ2v) is 4.58. The van der Waals surface area contributed by atoms with Gasteiger partial charge < -0.3 is 11.1 Å². The number of hydrogen-bond donors (Lipinski definition) is 2. The summed E-state index contributed by atoms with van der Waals surface area (Å²) in [5, 5.41) is 2.90. The van der Waals surface area contributed by atoms with Crippen molar-refractivity contribution >= 4 is 5.91 Å². The zero-order valence-electron chi connectivity index (χ0n) is 10.9. The number of rotatable bonds is 5. The van der Waals surface area contributed by atoms with Crippen LogP contribution in [0.25, 0.3) is 0 Å². The highest BCUT2D eigenvalue weighted by Crippen LogP contribution is 2.10. The molecule has 0 heterocycles. The van der Waals surface area contributed by atoms with Gasteiger partial charge in [-0.15, -0.1) is 0 Å². The van der Waals surface area contributed by atoms with E-state index in [1.54, 1.807) is 6.92 Å². The summed E-state index contributed by atoms with van der Waals surface area (Å²) in [6.45, 7) is 6.34. The van der Waals surface area contributed by atoms with Gasteiger partial charge in [0.15, 0.2) is 0 Å². The van der Waals surface area contributed by atoms with Gasteiger partial charge in [-0.25, -0.2) is 0 Å². The minimum atomic E-state index is -0.777. The lowest BCUT2D eigenvalue weighted by atomic mass is 9.99. The first-order valence-electron chi connectivity index (χ1n) is 6.15. The molecule has 17 heavy (non-hydrogen) atoms. The second kappa shape index (κ2) is 5.82. The van der Waals surface area contributed by atoms with Crippen LogP contribution in [0, 0.1) is 0 Å². The van der Waals surface area contributed by atoms with Crippen molar-refractivity contribution < 1.29 is 4.79 Å². The molecule has 0 fully saturated rings. The Morgan fingerprint density at radius 3 is 2.41 bits per heavy atom. The maximum Gasteiger partial charge on any atom is 0.240 e. The van der Waals surface area contributed by atoms with Crippen molar-refractivity contribution in [3.8, 4) is 0 Å². The third-order valence-electron chi connectivity index (χ3n) is 3.19. The van der Waals surface area contributed by atoms with Crippen LogP contribution in [-0.2, 0) is 17.8 Å². The van der Waals surface area contributed by atoms with Gasteiger partial charge in [0.1, 0.15) is 0 Å². The molecular weight excluding hydrogens is 212 g/mol. The molecule has 3 N–H and O–H groups in total. The Morgan fingerprint density at radius 1 is 1.29 bits per heavy atom. The lowest BCUT2D eigenvalue weighted by Crippen LogP contribution is -2.50. The molecule has 0 aliphatic rings. The highest BCUT2D eigenvalue weighted by Gasteiger charge is 2.25. The second-order valence-electron chi connectivity index (χ2n) is 4.58. The molecule has 3 heteroatoms. The molecule has 0 saturated carbocycles. The molecule has 3 nitrogen and oxygen atoms in total. The predicted octanol–water partition coefficient (Wildman–Crippen LogP) is 1.99. The fourth-order valence-electron chi connectivity index (χ4n) is 1.61. The number of benzene rings is 1. The number of aryl methyl sites for hydroxylation is 1. The monoisotopic (exact) mass is 234 g/mol. The lowest BCUT2D eigenvalue weighted by Gasteiger charge is -2.21. The SMILES string of the molecule is CCc1ccccc1CNC(=O)C(C)(N)CC. The summed E-state index contributed by atoms with van der Waals surface area (Å²) in [5.41, 5.74) is 7.53. The van der Waals surface area contributed by atoms with Gasteiger partial charge in [-0.05, 0) is 30.9 Å². The van der Waals surface area contributed by atoms with Crippen LogP contribution in [-0.4, -0.2) is 11.4 Å². The van der Waals surface area contributed by atoms with E-state index in [9.17, 15) is 4.79 Å². The van der Waals surface area contributed by atoms with Crippen LogP contribution >= 0.6 is 0 Å². The van der Waals surface area contributed by atoms with Crippen LogP contribution in [0.1, 0.15) is 38.3 Å². The first kappa shape index (κ1) is 13.7. The first-order valence-corrected chi connectivity index (χ1v) is 6.15. The highest BCUT2D eigenvalue weighted by molar-refractivity contribution is 5.85. The Morgan fingerprint density at radius 2 is 1.88 bits per heavy atom. The molecule has 0 bridgehead atoms. The minimum absolute atomic E-state index is 0.0918. The van der Waals surface area contributed by atoms with Gasteiger partial charge in [-0.1, -0.05) is 38.1 Å². The topological polar surface area (TPSA) is 55.1 Å². The Kier molecular flexibility index (Phi) is 4.70. The zero-order valence-corrected chi connectivity index (χ0v) is 10.9. The fraction of sp³-hybridized carbons (Fsp3) is 0.500. The van der Waals surface area contributed by atoms with E-state index < -0.39 is 5.54 Å². The summed E-state index contributed by atoms with van der Waals surface area (Å²) in [6.07, 6.45) is 1.61. The third kappa shape index (κ3) is 3.56. The number of amides is 1. The average molecular weight is 234 g/mol. The molecule has 0 spiro atoms. The number of carbonyl (C=O) groups is 1. The van der Waals surface area contributed by atoms with Gasteiger partial charge in [0.25, 0.3) is 0 Å². The van der Waals surface area contributed by atoms with Crippen molar-refractivity contribution in [1.82, 2.24) is 5.32 Å². The largest absolute Gasteiger partial charge is 0.350 e. The van der Waals surface area contributed by atoms with Crippen LogP contribution < -0.4 is 11.1 Å². The Labute approximate surface area is 103 Å². The Bertz CT molecular complexity index is 386. The third-order valence-corrected chi connectivity index (χ3v) is 3.19. The maximum absolute atomic E-state index is 11.8. The number of hydrogen-bond acceptors (Lipinski definition) is 2. The number of nitrogens with two attached hydrogens (primary N) is 1. The molecule has 1 aromatic rings. The zero-order chi connectivity index (χ0) is 12.9. The fourth-order valence-corrected chi connectivity index (χ4v) is 1.61. The standard InChI is InChI=1S/C14H22N2O/c1-4-11-8-6-7-9-12(11)10-16-13(17)14(3,15)5-2/h6-9H,4-5,10,15H2,1-3H3,(H,16,17). The summed E-state index contributed by atoms with van der Waals surface area (Å²) in [7, 11) is 0. The number of carbonyl (C=O) groups excluding carboxylic acids is 1. The normalized spacial score (nSPS) is 14.1. The summed E-state index contributed by atoms with van der Waals surface area (Å²) in [6, 6.07) is 8.13. The maximum atomic E-state index is 11.8. The van der Waals surface area contributed by atoms with E-state index in [0.717, 1.165) is 12.0 Å². The van der Waals surface area contributed by atoms with Crippen LogP contribution in [0.2, 0.25) is 0 Å². The average Bonchev–Trinajstić information content (AvgIpc) is 2.36.